The van der Waals surface area contributed by atoms with E-state index in [9.17, 15) is 9.59 Å². The highest BCUT2D eigenvalue weighted by atomic mass is 35.5. The number of amides is 1. The number of H-pyrrole nitrogens is 1. The number of aromatic nitrogens is 2. The molecule has 3 heterocycles. The average Bonchev–Trinajstić information content (AvgIpc) is 3.22. The van der Waals surface area contributed by atoms with Crippen LogP contribution in [-0.4, -0.2) is 53.1 Å². The van der Waals surface area contributed by atoms with Gasteiger partial charge in [-0.25, -0.2) is 0 Å². The fraction of sp³-hybridized carbons (Fsp3) is 0.348. The van der Waals surface area contributed by atoms with Crippen molar-refractivity contribution in [3.05, 3.63) is 67.2 Å². The highest BCUT2D eigenvalue weighted by Gasteiger charge is 2.21. The van der Waals surface area contributed by atoms with Crippen molar-refractivity contribution in [3.8, 4) is 17.1 Å². The van der Waals surface area contributed by atoms with Crippen LogP contribution in [0.4, 0.5) is 0 Å². The topological polar surface area (TPSA) is 87.3 Å². The predicted molar refractivity (Wildman–Crippen MR) is 132 cm³/mol. The standard InChI is InChI=1S/C23H24Cl2N4O3S/c24-17-6-5-16(14-18(17)25)32-15-7-12-29(13-8-15)11-3-10-27-22(30)21-20(28-23(31)33-21)19-4-1-2-9-26-19/h1-2,4-6,9,14-15H,3,7-8,10-13H2,(H,27,30)(H,28,31). The molecule has 1 amide bonds. The summed E-state index contributed by atoms with van der Waals surface area (Å²) < 4.78 is 6.04. The van der Waals surface area contributed by atoms with Gasteiger partial charge in [-0.1, -0.05) is 40.6 Å². The third-order valence-electron chi connectivity index (χ3n) is 5.44. The fourth-order valence-electron chi connectivity index (χ4n) is 3.76. The van der Waals surface area contributed by atoms with E-state index in [0.29, 0.717) is 32.9 Å². The van der Waals surface area contributed by atoms with E-state index in [1.54, 1.807) is 30.5 Å². The molecule has 1 aliphatic heterocycles. The summed E-state index contributed by atoms with van der Waals surface area (Å²) >= 11 is 12.9. The van der Waals surface area contributed by atoms with Gasteiger partial charge in [0.1, 0.15) is 16.7 Å². The second kappa shape index (κ2) is 11.2. The molecule has 0 aliphatic carbocycles. The molecule has 0 bridgehead atoms. The summed E-state index contributed by atoms with van der Waals surface area (Å²) in [5.74, 6) is 0.482. The molecule has 0 atom stereocenters. The van der Waals surface area contributed by atoms with Crippen LogP contribution in [0.1, 0.15) is 28.9 Å². The SMILES string of the molecule is O=C(NCCCN1CCC(Oc2ccc(Cl)c(Cl)c2)CC1)c1sc(=O)[nH]c1-c1ccccn1. The number of pyridine rings is 1. The van der Waals surface area contributed by atoms with Crippen LogP contribution in [0.3, 0.4) is 0 Å². The molecule has 0 unspecified atom stereocenters. The summed E-state index contributed by atoms with van der Waals surface area (Å²) in [6, 6.07) is 10.7. The van der Waals surface area contributed by atoms with Gasteiger partial charge in [0.25, 0.3) is 5.91 Å². The third-order valence-corrected chi connectivity index (χ3v) is 7.06. The molecule has 0 radical (unpaired) electrons. The maximum Gasteiger partial charge on any atom is 0.305 e. The van der Waals surface area contributed by atoms with Crippen LogP contribution in [0.5, 0.6) is 5.75 Å². The number of hydrogen-bond donors (Lipinski definition) is 2. The maximum absolute atomic E-state index is 12.6. The minimum absolute atomic E-state index is 0.152. The number of nitrogens with zero attached hydrogens (tertiary/aromatic N) is 2. The quantitative estimate of drug-likeness (QED) is 0.440. The van der Waals surface area contributed by atoms with E-state index < -0.39 is 0 Å². The number of carbonyl (C=O) groups is 1. The van der Waals surface area contributed by atoms with Crippen molar-refractivity contribution in [2.45, 2.75) is 25.4 Å². The van der Waals surface area contributed by atoms with Crippen LogP contribution in [0.15, 0.2) is 47.4 Å². The first-order valence-electron chi connectivity index (χ1n) is 10.8. The van der Waals surface area contributed by atoms with Gasteiger partial charge in [-0.15, -0.1) is 0 Å². The van der Waals surface area contributed by atoms with Crippen molar-refractivity contribution >= 4 is 40.4 Å². The number of nitrogens with one attached hydrogen (secondary N) is 2. The molecular weight excluding hydrogens is 483 g/mol. The van der Waals surface area contributed by atoms with Gasteiger partial charge in [-0.2, -0.15) is 0 Å². The Balaban J connectivity index is 1.19. The molecule has 4 rings (SSSR count). The van der Waals surface area contributed by atoms with Crippen molar-refractivity contribution < 1.29 is 9.53 Å². The van der Waals surface area contributed by atoms with Gasteiger partial charge in [-0.3, -0.25) is 14.6 Å². The zero-order valence-electron chi connectivity index (χ0n) is 17.9. The highest BCUT2D eigenvalue weighted by Crippen LogP contribution is 2.28. The van der Waals surface area contributed by atoms with Crippen LogP contribution < -0.4 is 14.9 Å². The largest absolute Gasteiger partial charge is 0.490 e. The first-order valence-corrected chi connectivity index (χ1v) is 12.3. The zero-order chi connectivity index (χ0) is 23.2. The minimum Gasteiger partial charge on any atom is -0.490 e. The van der Waals surface area contributed by atoms with E-state index >= 15 is 0 Å². The lowest BCUT2D eigenvalue weighted by atomic mass is 10.1. The Morgan fingerprint density at radius 1 is 1.21 bits per heavy atom. The number of rotatable bonds is 8. The Kier molecular flexibility index (Phi) is 8.03. The van der Waals surface area contributed by atoms with Gasteiger partial charge in [0.2, 0.25) is 0 Å². The Morgan fingerprint density at radius 2 is 2.03 bits per heavy atom. The molecule has 7 nitrogen and oxygen atoms in total. The molecule has 0 spiro atoms. The van der Waals surface area contributed by atoms with Crippen LogP contribution in [0.25, 0.3) is 11.4 Å². The second-order valence-electron chi connectivity index (χ2n) is 7.78. The third kappa shape index (κ3) is 6.35. The molecule has 1 aliphatic rings. The van der Waals surface area contributed by atoms with E-state index in [1.165, 1.54) is 0 Å². The van der Waals surface area contributed by atoms with Crippen molar-refractivity contribution in [3.63, 3.8) is 0 Å². The van der Waals surface area contributed by atoms with Gasteiger partial charge < -0.3 is 19.9 Å². The zero-order valence-corrected chi connectivity index (χ0v) is 20.2. The number of hydrogen-bond acceptors (Lipinski definition) is 6. The van der Waals surface area contributed by atoms with E-state index in [1.807, 2.05) is 12.1 Å². The number of carbonyl (C=O) groups excluding carboxylic acids is 1. The molecule has 0 saturated carbocycles. The molecule has 2 aromatic heterocycles. The van der Waals surface area contributed by atoms with Crippen molar-refractivity contribution in [2.24, 2.45) is 0 Å². The van der Waals surface area contributed by atoms with Crippen LogP contribution in [0.2, 0.25) is 10.0 Å². The number of thiazole rings is 1. The van der Waals surface area contributed by atoms with E-state index in [4.69, 9.17) is 27.9 Å². The van der Waals surface area contributed by atoms with Crippen molar-refractivity contribution in [1.82, 2.24) is 20.2 Å². The molecule has 10 heteroatoms. The van der Waals surface area contributed by atoms with Crippen LogP contribution in [0, 0.1) is 0 Å². The van der Waals surface area contributed by atoms with Gasteiger partial charge in [0.05, 0.1) is 21.4 Å². The lowest BCUT2D eigenvalue weighted by molar-refractivity contribution is 0.0939. The van der Waals surface area contributed by atoms with E-state index in [2.05, 4.69) is 20.2 Å². The number of halogens is 2. The summed E-state index contributed by atoms with van der Waals surface area (Å²) in [6.07, 6.45) is 4.46. The molecule has 1 fully saturated rings. The van der Waals surface area contributed by atoms with E-state index in [0.717, 1.165) is 56.0 Å². The summed E-state index contributed by atoms with van der Waals surface area (Å²) in [5.41, 5.74) is 1.04. The number of likely N-dealkylation sites (tertiary alicyclic amines) is 1. The summed E-state index contributed by atoms with van der Waals surface area (Å²) in [4.78, 5) is 33.9. The molecule has 1 aromatic carbocycles. The smallest absolute Gasteiger partial charge is 0.305 e. The molecule has 2 N–H and O–H groups in total. The molecule has 3 aromatic rings. The summed E-state index contributed by atoms with van der Waals surface area (Å²) in [5, 5.41) is 3.93. The minimum atomic E-state index is -0.272. The highest BCUT2D eigenvalue weighted by molar-refractivity contribution is 7.11. The Bertz CT molecular complexity index is 1140. The van der Waals surface area contributed by atoms with E-state index in [-0.39, 0.29) is 16.9 Å². The fourth-order valence-corrected chi connectivity index (χ4v) is 4.81. The van der Waals surface area contributed by atoms with Gasteiger partial charge >= 0.3 is 4.87 Å². The van der Waals surface area contributed by atoms with Crippen molar-refractivity contribution in [2.75, 3.05) is 26.2 Å². The number of ether oxygens (including phenoxy) is 1. The molecule has 33 heavy (non-hydrogen) atoms. The molecule has 1 saturated heterocycles. The monoisotopic (exact) mass is 506 g/mol. The van der Waals surface area contributed by atoms with Crippen LogP contribution >= 0.6 is 34.5 Å². The number of aromatic amines is 1. The Hall–Kier alpha value is -2.39. The Morgan fingerprint density at radius 3 is 2.76 bits per heavy atom. The summed E-state index contributed by atoms with van der Waals surface area (Å²) in [6.45, 7) is 3.29. The Labute approximate surface area is 205 Å². The number of benzene rings is 1. The predicted octanol–water partition coefficient (Wildman–Crippen LogP) is 4.47. The van der Waals surface area contributed by atoms with Gasteiger partial charge in [0, 0.05) is 31.9 Å². The van der Waals surface area contributed by atoms with Gasteiger partial charge in [0.15, 0.2) is 0 Å². The van der Waals surface area contributed by atoms with Crippen molar-refractivity contribution in [1.29, 1.82) is 0 Å². The molecular formula is C23H24Cl2N4O3S. The number of piperidine rings is 1. The molecule has 174 valence electrons. The first kappa shape index (κ1) is 23.8. The lowest BCUT2D eigenvalue weighted by Gasteiger charge is -2.32. The maximum atomic E-state index is 12.6. The van der Waals surface area contributed by atoms with Crippen LogP contribution in [-0.2, 0) is 0 Å². The van der Waals surface area contributed by atoms with Gasteiger partial charge in [-0.05, 0) is 50.1 Å². The first-order chi connectivity index (χ1) is 16.0. The normalized spacial score (nSPS) is 14.8. The summed E-state index contributed by atoms with van der Waals surface area (Å²) in [7, 11) is 0. The average molecular weight is 507 g/mol. The second-order valence-corrected chi connectivity index (χ2v) is 9.58. The lowest BCUT2D eigenvalue weighted by Crippen LogP contribution is -2.39.